The van der Waals surface area contributed by atoms with Crippen molar-refractivity contribution in [2.75, 3.05) is 5.32 Å². The van der Waals surface area contributed by atoms with Crippen LogP contribution >= 0.6 is 0 Å². The fourth-order valence-electron chi connectivity index (χ4n) is 1.42. The molecular formula is C9H13N5O3. The first-order valence-corrected chi connectivity index (χ1v) is 5.01. The van der Waals surface area contributed by atoms with E-state index in [2.05, 4.69) is 20.3 Å². The van der Waals surface area contributed by atoms with Gasteiger partial charge in [-0.05, 0) is 6.92 Å². The maximum atomic E-state index is 9.63. The Kier molecular flexibility index (Phi) is 2.92. The van der Waals surface area contributed by atoms with E-state index >= 15 is 0 Å². The molecule has 0 radical (unpaired) electrons. The van der Waals surface area contributed by atoms with Crippen LogP contribution in [0, 0.1) is 0 Å². The Bertz CT molecular complexity index is 462. The third kappa shape index (κ3) is 2.18. The number of aliphatic imine (C=N–C) groups is 1. The number of aliphatic hydroxyl groups excluding tert-OH is 3. The molecule has 3 unspecified atom stereocenters. The molecule has 1 aromatic rings. The van der Waals surface area contributed by atoms with Crippen molar-refractivity contribution in [2.24, 2.45) is 10.7 Å². The minimum absolute atomic E-state index is 0.160. The summed E-state index contributed by atoms with van der Waals surface area (Å²) in [7, 11) is 0. The van der Waals surface area contributed by atoms with E-state index in [1.165, 1.54) is 13.1 Å². The van der Waals surface area contributed by atoms with Gasteiger partial charge < -0.3 is 20.6 Å². The van der Waals surface area contributed by atoms with E-state index < -0.39 is 18.5 Å². The van der Waals surface area contributed by atoms with Gasteiger partial charge in [-0.1, -0.05) is 0 Å². The van der Waals surface area contributed by atoms with Crippen molar-refractivity contribution >= 4 is 11.7 Å². The molecule has 0 fully saturated rings. The lowest BCUT2D eigenvalue weighted by molar-refractivity contribution is 0.0277. The Morgan fingerprint density at radius 2 is 2.18 bits per heavy atom. The Hall–Kier alpha value is -1.77. The molecule has 0 amide bonds. The molecule has 6 N–H and O–H groups in total. The molecule has 0 bridgehead atoms. The molecule has 1 aliphatic rings. The number of aliphatic hydroxyl groups is 3. The van der Waals surface area contributed by atoms with Crippen molar-refractivity contribution in [3.63, 3.8) is 0 Å². The third-order valence-electron chi connectivity index (χ3n) is 2.31. The first-order valence-electron chi connectivity index (χ1n) is 5.01. The van der Waals surface area contributed by atoms with Crippen molar-refractivity contribution in [1.29, 1.82) is 0 Å². The fraction of sp³-hybridized carbons (Fsp3) is 0.444. The van der Waals surface area contributed by atoms with Crippen LogP contribution in [0.2, 0.25) is 0 Å². The fourth-order valence-corrected chi connectivity index (χ4v) is 1.42. The van der Waals surface area contributed by atoms with Gasteiger partial charge in [0.1, 0.15) is 6.10 Å². The highest BCUT2D eigenvalue weighted by molar-refractivity contribution is 5.96. The van der Waals surface area contributed by atoms with Gasteiger partial charge in [-0.2, -0.15) is 0 Å². The van der Waals surface area contributed by atoms with Crippen LogP contribution in [0.15, 0.2) is 11.2 Å². The molecule has 2 rings (SSSR count). The number of fused-ring (bicyclic) bond motifs is 1. The van der Waals surface area contributed by atoms with Gasteiger partial charge in [0.25, 0.3) is 0 Å². The maximum Gasteiger partial charge on any atom is 0.239 e. The molecular weight excluding hydrogens is 226 g/mol. The van der Waals surface area contributed by atoms with E-state index in [0.29, 0.717) is 0 Å². The van der Waals surface area contributed by atoms with Gasteiger partial charge in [0, 0.05) is 0 Å². The van der Waals surface area contributed by atoms with Gasteiger partial charge in [0.2, 0.25) is 5.90 Å². The van der Waals surface area contributed by atoms with Crippen molar-refractivity contribution in [3.05, 3.63) is 17.6 Å². The van der Waals surface area contributed by atoms with Crippen LogP contribution in [0.4, 0.5) is 5.82 Å². The molecule has 17 heavy (non-hydrogen) atoms. The molecule has 1 aliphatic heterocycles. The first kappa shape index (κ1) is 11.7. The Morgan fingerprint density at radius 3 is 2.82 bits per heavy atom. The lowest BCUT2D eigenvalue weighted by Gasteiger charge is -2.20. The number of nitrogens with two attached hydrogens (primary N) is 1. The lowest BCUT2D eigenvalue weighted by atomic mass is 10.1. The molecule has 1 aromatic heterocycles. The van der Waals surface area contributed by atoms with Gasteiger partial charge in [0.15, 0.2) is 17.8 Å². The highest BCUT2D eigenvalue weighted by atomic mass is 16.3. The summed E-state index contributed by atoms with van der Waals surface area (Å²) < 4.78 is 0. The van der Waals surface area contributed by atoms with E-state index in [9.17, 15) is 15.3 Å². The zero-order valence-corrected chi connectivity index (χ0v) is 9.07. The summed E-state index contributed by atoms with van der Waals surface area (Å²) in [6, 6.07) is 0. The zero-order chi connectivity index (χ0) is 12.6. The number of hydrogen-bond donors (Lipinski definition) is 5. The van der Waals surface area contributed by atoms with E-state index in [-0.39, 0.29) is 23.1 Å². The second kappa shape index (κ2) is 4.24. The summed E-state index contributed by atoms with van der Waals surface area (Å²) in [5, 5.41) is 31.0. The number of anilines is 1. The maximum absolute atomic E-state index is 9.63. The van der Waals surface area contributed by atoms with Crippen molar-refractivity contribution in [2.45, 2.75) is 25.4 Å². The Labute approximate surface area is 96.9 Å². The predicted octanol–water partition coefficient (Wildman–Crippen LogP) is -1.14. The molecule has 8 nitrogen and oxygen atoms in total. The molecule has 8 heteroatoms. The SMILES string of the molecule is CC(O)C(O)c1cnc2c(n1)NC(N)N=C2O. The minimum Gasteiger partial charge on any atom is -0.492 e. The number of rotatable bonds is 2. The second-order valence-electron chi connectivity index (χ2n) is 3.72. The van der Waals surface area contributed by atoms with E-state index in [1.807, 2.05) is 0 Å². The topological polar surface area (TPSA) is 137 Å². The Morgan fingerprint density at radius 1 is 1.47 bits per heavy atom. The lowest BCUT2D eigenvalue weighted by Crippen LogP contribution is -2.34. The van der Waals surface area contributed by atoms with E-state index in [4.69, 9.17) is 5.73 Å². The predicted molar refractivity (Wildman–Crippen MR) is 59.4 cm³/mol. The average Bonchev–Trinajstić information content (AvgIpc) is 2.26. The van der Waals surface area contributed by atoms with Crippen LogP contribution in [0.5, 0.6) is 0 Å². The first-order chi connectivity index (χ1) is 7.99. The van der Waals surface area contributed by atoms with Crippen LogP contribution in [-0.2, 0) is 0 Å². The van der Waals surface area contributed by atoms with Gasteiger partial charge in [-0.3, -0.25) is 5.73 Å². The summed E-state index contributed by atoms with van der Waals surface area (Å²) in [6.07, 6.45) is -1.66. The smallest absolute Gasteiger partial charge is 0.239 e. The number of aromatic nitrogens is 2. The molecule has 0 saturated carbocycles. The molecule has 92 valence electrons. The second-order valence-corrected chi connectivity index (χ2v) is 3.72. The standard InChI is InChI=1S/C9H13N5O3/c1-3(15)6(16)4-2-11-5-7(12-4)13-9(10)14-8(5)17/h2-3,6,9,15-16H,10H2,1H3,(H,12,13)(H,14,17). The normalized spacial score (nSPS) is 22.1. The molecule has 0 saturated heterocycles. The van der Waals surface area contributed by atoms with Crippen LogP contribution in [0.3, 0.4) is 0 Å². The minimum atomic E-state index is -1.15. The summed E-state index contributed by atoms with van der Waals surface area (Å²) >= 11 is 0. The van der Waals surface area contributed by atoms with E-state index in [1.54, 1.807) is 0 Å². The quantitative estimate of drug-likeness (QED) is 0.440. The number of nitrogens with zero attached hydrogens (tertiary/aromatic N) is 3. The van der Waals surface area contributed by atoms with Gasteiger partial charge in [-0.15, -0.1) is 0 Å². The summed E-state index contributed by atoms with van der Waals surface area (Å²) in [5.74, 6) is -0.0842. The van der Waals surface area contributed by atoms with Crippen molar-refractivity contribution in [3.8, 4) is 0 Å². The van der Waals surface area contributed by atoms with Gasteiger partial charge in [-0.25, -0.2) is 15.0 Å². The third-order valence-corrected chi connectivity index (χ3v) is 2.31. The molecule has 2 heterocycles. The summed E-state index contributed by atoms with van der Waals surface area (Å²) in [6.45, 7) is 1.43. The van der Waals surface area contributed by atoms with Crippen LogP contribution in [-0.4, -0.2) is 43.6 Å². The highest BCUT2D eigenvalue weighted by Gasteiger charge is 2.23. The van der Waals surface area contributed by atoms with Gasteiger partial charge in [0.05, 0.1) is 18.0 Å². The zero-order valence-electron chi connectivity index (χ0n) is 9.07. The molecule has 0 aliphatic carbocycles. The van der Waals surface area contributed by atoms with Crippen molar-refractivity contribution in [1.82, 2.24) is 9.97 Å². The van der Waals surface area contributed by atoms with E-state index in [0.717, 1.165) is 0 Å². The van der Waals surface area contributed by atoms with Crippen LogP contribution in [0.1, 0.15) is 24.4 Å². The van der Waals surface area contributed by atoms with Gasteiger partial charge >= 0.3 is 0 Å². The highest BCUT2D eigenvalue weighted by Crippen LogP contribution is 2.20. The number of hydrogen-bond acceptors (Lipinski definition) is 7. The number of nitrogens with one attached hydrogen (secondary N) is 1. The molecule has 0 aromatic carbocycles. The van der Waals surface area contributed by atoms with Crippen LogP contribution < -0.4 is 11.1 Å². The average molecular weight is 239 g/mol. The summed E-state index contributed by atoms with van der Waals surface area (Å²) in [4.78, 5) is 11.6. The Balaban J connectivity index is 2.38. The summed E-state index contributed by atoms with van der Waals surface area (Å²) in [5.41, 5.74) is 5.84. The monoisotopic (exact) mass is 239 g/mol. The molecule has 3 atom stereocenters. The van der Waals surface area contributed by atoms with Crippen molar-refractivity contribution < 1.29 is 15.3 Å². The van der Waals surface area contributed by atoms with Crippen LogP contribution in [0.25, 0.3) is 0 Å². The molecule has 0 spiro atoms. The largest absolute Gasteiger partial charge is 0.492 e.